The second-order valence-corrected chi connectivity index (χ2v) is 9.37. The van der Waals surface area contributed by atoms with Gasteiger partial charge in [0.25, 0.3) is 0 Å². The summed E-state index contributed by atoms with van der Waals surface area (Å²) in [5.74, 6) is -0.0849. The minimum atomic E-state index is -0.392. The number of hydrogen-bond donors (Lipinski definition) is 0. The molecule has 1 fully saturated rings. The first-order valence-corrected chi connectivity index (χ1v) is 7.23. The van der Waals surface area contributed by atoms with Crippen LogP contribution in [0.1, 0.15) is 60.8 Å². The van der Waals surface area contributed by atoms with Crippen molar-refractivity contribution in [3.05, 3.63) is 0 Å². The van der Waals surface area contributed by atoms with Crippen LogP contribution in [0.3, 0.4) is 0 Å². The van der Waals surface area contributed by atoms with Crippen molar-refractivity contribution in [1.29, 1.82) is 0 Å². The molecule has 0 aromatic carbocycles. The van der Waals surface area contributed by atoms with Crippen LogP contribution in [0.2, 0.25) is 0 Å². The molecule has 1 rings (SSSR count). The Bertz CT molecular complexity index is 280. The second kappa shape index (κ2) is 4.83. The fourth-order valence-corrected chi connectivity index (χ4v) is 3.82. The Labute approximate surface area is 110 Å². The monoisotopic (exact) mass is 258 g/mol. The number of rotatable bonds is 3. The molecule has 0 radical (unpaired) electrons. The lowest BCUT2D eigenvalue weighted by Crippen LogP contribution is -2.43. The van der Waals surface area contributed by atoms with Crippen LogP contribution < -0.4 is 0 Å². The Morgan fingerprint density at radius 1 is 1.18 bits per heavy atom. The third-order valence-corrected chi connectivity index (χ3v) is 4.44. The fourth-order valence-electron chi connectivity index (χ4n) is 1.91. The molecule has 0 unspecified atom stereocenters. The van der Waals surface area contributed by atoms with Crippen LogP contribution in [-0.2, 0) is 9.53 Å². The fraction of sp³-hybridized carbons (Fsp3) is 0.929. The van der Waals surface area contributed by atoms with Gasteiger partial charge in [-0.1, -0.05) is 27.2 Å². The molecular formula is C14H26O2S. The van der Waals surface area contributed by atoms with Gasteiger partial charge in [0.15, 0.2) is 0 Å². The normalized spacial score (nSPS) is 19.6. The summed E-state index contributed by atoms with van der Waals surface area (Å²) in [5.41, 5.74) is -0.392. The van der Waals surface area contributed by atoms with E-state index in [9.17, 15) is 4.79 Å². The van der Waals surface area contributed by atoms with Crippen molar-refractivity contribution in [1.82, 2.24) is 0 Å². The van der Waals surface area contributed by atoms with Crippen molar-refractivity contribution in [2.45, 2.75) is 70.3 Å². The molecule has 100 valence electrons. The van der Waals surface area contributed by atoms with Gasteiger partial charge in [-0.3, -0.25) is 4.79 Å². The maximum atomic E-state index is 11.8. The molecule has 0 spiro atoms. The van der Waals surface area contributed by atoms with Crippen molar-refractivity contribution in [3.63, 3.8) is 0 Å². The molecular weight excluding hydrogens is 232 g/mol. The molecule has 0 aromatic rings. The number of carbonyl (C=O) groups is 1. The zero-order valence-electron chi connectivity index (χ0n) is 12.1. The van der Waals surface area contributed by atoms with Crippen LogP contribution in [0.25, 0.3) is 0 Å². The van der Waals surface area contributed by atoms with Crippen LogP contribution in [-0.4, -0.2) is 22.1 Å². The number of hydrogen-bond acceptors (Lipinski definition) is 3. The Balaban J connectivity index is 2.51. The molecule has 0 saturated heterocycles. The SMILES string of the molecule is CC(C)(C)SC1(COC(=O)C(C)(C)C)CCC1. The van der Waals surface area contributed by atoms with Gasteiger partial charge < -0.3 is 4.74 Å². The molecule has 0 N–H and O–H groups in total. The summed E-state index contributed by atoms with van der Waals surface area (Å²) < 4.78 is 5.91. The predicted octanol–water partition coefficient (Wildman–Crippen LogP) is 4.03. The highest BCUT2D eigenvalue weighted by Gasteiger charge is 2.42. The summed E-state index contributed by atoms with van der Waals surface area (Å²) in [7, 11) is 0. The van der Waals surface area contributed by atoms with E-state index < -0.39 is 5.41 Å². The molecule has 1 aliphatic rings. The summed E-state index contributed by atoms with van der Waals surface area (Å²) in [4.78, 5) is 11.8. The smallest absolute Gasteiger partial charge is 0.311 e. The highest BCUT2D eigenvalue weighted by molar-refractivity contribution is 8.02. The van der Waals surface area contributed by atoms with E-state index >= 15 is 0 Å². The minimum absolute atomic E-state index is 0.0849. The van der Waals surface area contributed by atoms with Gasteiger partial charge in [-0.25, -0.2) is 0 Å². The lowest BCUT2D eigenvalue weighted by Gasteiger charge is -2.44. The van der Waals surface area contributed by atoms with Crippen molar-refractivity contribution in [2.75, 3.05) is 6.61 Å². The molecule has 0 heterocycles. The van der Waals surface area contributed by atoms with E-state index in [1.54, 1.807) is 0 Å². The van der Waals surface area contributed by atoms with E-state index in [0.717, 1.165) is 0 Å². The Hall–Kier alpha value is -0.180. The van der Waals surface area contributed by atoms with Crippen molar-refractivity contribution >= 4 is 17.7 Å². The average molecular weight is 258 g/mol. The zero-order chi connectivity index (χ0) is 13.3. The van der Waals surface area contributed by atoms with Gasteiger partial charge >= 0.3 is 5.97 Å². The average Bonchev–Trinajstić information content (AvgIpc) is 2.05. The van der Waals surface area contributed by atoms with Gasteiger partial charge in [-0.2, -0.15) is 0 Å². The minimum Gasteiger partial charge on any atom is -0.464 e. The van der Waals surface area contributed by atoms with E-state index in [4.69, 9.17) is 4.74 Å². The molecule has 0 aliphatic heterocycles. The quantitative estimate of drug-likeness (QED) is 0.715. The van der Waals surface area contributed by atoms with Gasteiger partial charge in [0.1, 0.15) is 6.61 Å². The number of carbonyl (C=O) groups excluding carboxylic acids is 1. The maximum absolute atomic E-state index is 11.8. The molecule has 1 aliphatic carbocycles. The topological polar surface area (TPSA) is 26.3 Å². The van der Waals surface area contributed by atoms with E-state index in [-0.39, 0.29) is 15.5 Å². The largest absolute Gasteiger partial charge is 0.464 e. The third-order valence-electron chi connectivity index (χ3n) is 2.87. The first kappa shape index (κ1) is 14.9. The molecule has 0 atom stereocenters. The van der Waals surface area contributed by atoms with E-state index in [2.05, 4.69) is 20.8 Å². The molecule has 1 saturated carbocycles. The van der Waals surface area contributed by atoms with Crippen LogP contribution in [0, 0.1) is 5.41 Å². The van der Waals surface area contributed by atoms with Crippen LogP contribution in [0.15, 0.2) is 0 Å². The highest BCUT2D eigenvalue weighted by atomic mass is 32.2. The van der Waals surface area contributed by atoms with Crippen molar-refractivity contribution in [3.8, 4) is 0 Å². The molecule has 3 heteroatoms. The molecule has 0 bridgehead atoms. The van der Waals surface area contributed by atoms with E-state index in [0.29, 0.717) is 6.61 Å². The summed E-state index contributed by atoms with van der Waals surface area (Å²) in [6.07, 6.45) is 3.61. The van der Waals surface area contributed by atoms with Gasteiger partial charge in [-0.15, -0.1) is 11.8 Å². The summed E-state index contributed by atoms with van der Waals surface area (Å²) in [6, 6.07) is 0. The van der Waals surface area contributed by atoms with Crippen LogP contribution >= 0.6 is 11.8 Å². The number of thioether (sulfide) groups is 1. The Morgan fingerprint density at radius 3 is 2.00 bits per heavy atom. The summed E-state index contributed by atoms with van der Waals surface area (Å²) >= 11 is 1.97. The first-order chi connectivity index (χ1) is 7.54. The highest BCUT2D eigenvalue weighted by Crippen LogP contribution is 2.49. The second-order valence-electron chi connectivity index (χ2n) is 7.08. The van der Waals surface area contributed by atoms with Gasteiger partial charge in [0, 0.05) is 4.75 Å². The van der Waals surface area contributed by atoms with Crippen molar-refractivity contribution < 1.29 is 9.53 Å². The molecule has 17 heavy (non-hydrogen) atoms. The Morgan fingerprint density at radius 2 is 1.71 bits per heavy atom. The van der Waals surface area contributed by atoms with Crippen LogP contribution in [0.4, 0.5) is 0 Å². The van der Waals surface area contributed by atoms with Crippen molar-refractivity contribution in [2.24, 2.45) is 5.41 Å². The van der Waals surface area contributed by atoms with E-state index in [1.165, 1.54) is 19.3 Å². The van der Waals surface area contributed by atoms with E-state index in [1.807, 2.05) is 32.5 Å². The zero-order valence-corrected chi connectivity index (χ0v) is 12.9. The number of ether oxygens (including phenoxy) is 1. The third kappa shape index (κ3) is 4.53. The maximum Gasteiger partial charge on any atom is 0.311 e. The molecule has 0 amide bonds. The summed E-state index contributed by atoms with van der Waals surface area (Å²) in [6.45, 7) is 13.0. The van der Waals surface area contributed by atoms with Crippen LogP contribution in [0.5, 0.6) is 0 Å². The Kier molecular flexibility index (Phi) is 4.23. The lowest BCUT2D eigenvalue weighted by molar-refractivity contribution is -0.154. The molecule has 0 aromatic heterocycles. The van der Waals surface area contributed by atoms with Gasteiger partial charge in [-0.05, 0) is 33.6 Å². The number of esters is 1. The van der Waals surface area contributed by atoms with Gasteiger partial charge in [0.05, 0.1) is 10.2 Å². The lowest BCUT2D eigenvalue weighted by atomic mass is 9.85. The predicted molar refractivity (Wildman–Crippen MR) is 74.3 cm³/mol. The first-order valence-electron chi connectivity index (χ1n) is 6.42. The molecule has 2 nitrogen and oxygen atoms in total. The summed E-state index contributed by atoms with van der Waals surface area (Å²) in [5, 5.41) is 0. The van der Waals surface area contributed by atoms with Gasteiger partial charge in [0.2, 0.25) is 0 Å². The standard InChI is InChI=1S/C14H26O2S/c1-12(2,3)11(15)16-10-14(8-7-9-14)17-13(4,5)6/h7-10H2,1-6H3.